The number of rotatable bonds is 31. The Hall–Kier alpha value is -14.6. The number of esters is 2. The quantitative estimate of drug-likeness (QED) is 0.0121. The van der Waals surface area contributed by atoms with Gasteiger partial charge in [0.25, 0.3) is 66.7 Å². The van der Waals surface area contributed by atoms with Crippen LogP contribution in [0.4, 0.5) is 52.7 Å². The highest BCUT2D eigenvalue weighted by Crippen LogP contribution is 2.37. The molecule has 766 valence electrons. The van der Waals surface area contributed by atoms with Crippen molar-refractivity contribution in [1.82, 2.24) is 28.4 Å². The number of hydrogen-bond donors (Lipinski definition) is 4. The maximum atomic E-state index is 14.7. The Morgan fingerprint density at radius 3 is 0.685 bits per heavy atom. The minimum atomic E-state index is -6.15. The average molecular weight is 2200 g/mol. The molecule has 0 saturated heterocycles. The summed E-state index contributed by atoms with van der Waals surface area (Å²) < 4.78 is 266. The summed E-state index contributed by atoms with van der Waals surface area (Å²) in [6, 6.07) is 3.76. The van der Waals surface area contributed by atoms with E-state index in [0.29, 0.717) is 49.2 Å². The summed E-state index contributed by atoms with van der Waals surface area (Å²) in [6.07, 6.45) is -3.78. The fraction of sp³-hybridized carbons (Fsp3) is 0.256. The lowest BCUT2D eigenvalue weighted by atomic mass is 9.94. The van der Waals surface area contributed by atoms with Crippen molar-refractivity contribution in [3.63, 3.8) is 0 Å². The summed E-state index contributed by atoms with van der Waals surface area (Å²) in [7, 11) is -18.2. The van der Waals surface area contributed by atoms with Crippen molar-refractivity contribution in [2.75, 3.05) is 0 Å². The number of phenolic OH excluding ortho intramolecular Hbond substituents is 1. The van der Waals surface area contributed by atoms with Crippen molar-refractivity contribution in [3.8, 4) is 17.2 Å². The van der Waals surface area contributed by atoms with Crippen LogP contribution in [0.15, 0.2) is 109 Å². The summed E-state index contributed by atoms with van der Waals surface area (Å²) in [4.78, 5) is 263. The van der Waals surface area contributed by atoms with Crippen LogP contribution in [0.5, 0.6) is 17.2 Å². The lowest BCUT2D eigenvalue weighted by molar-refractivity contribution is -0.146. The molecule has 45 nitrogen and oxygen atoms in total. The van der Waals surface area contributed by atoms with Gasteiger partial charge in [-0.1, -0.05) is 31.1 Å². The summed E-state index contributed by atoms with van der Waals surface area (Å²) in [5.74, 6) is -43.5. The molecular formula is C78H53Cl5F12N6O39S3. The summed E-state index contributed by atoms with van der Waals surface area (Å²) in [5, 5.41) is 24.5. The number of hydrogen-bond acceptors (Lipinski definition) is 39. The van der Waals surface area contributed by atoms with Crippen LogP contribution in [0.25, 0.3) is 64.6 Å². The van der Waals surface area contributed by atoms with Crippen LogP contribution in [0.3, 0.4) is 0 Å². The Kier molecular flexibility index (Phi) is 35.8. The van der Waals surface area contributed by atoms with Gasteiger partial charge in [0.2, 0.25) is 72.6 Å². The summed E-state index contributed by atoms with van der Waals surface area (Å²) in [6.45, 7) is 8.16. The minimum absolute atomic E-state index is 0. The molecule has 6 aromatic heterocycles. The number of phenols is 1. The van der Waals surface area contributed by atoms with Crippen molar-refractivity contribution >= 4 is 209 Å². The van der Waals surface area contributed by atoms with Gasteiger partial charge in [0, 0.05) is 38.5 Å². The highest BCUT2D eigenvalue weighted by atomic mass is 35.5. The van der Waals surface area contributed by atoms with Crippen molar-refractivity contribution in [2.45, 2.75) is 145 Å². The lowest BCUT2D eigenvalue weighted by Crippen LogP contribution is -2.36. The molecule has 143 heavy (non-hydrogen) atoms. The van der Waals surface area contributed by atoms with Gasteiger partial charge < -0.3 is 44.5 Å². The molecule has 0 amide bonds. The zero-order valence-corrected chi connectivity index (χ0v) is 76.6. The van der Waals surface area contributed by atoms with Gasteiger partial charge in [-0.05, 0) is 142 Å². The number of ketones is 1. The Balaban J connectivity index is 0.000000269. The molecule has 0 aliphatic heterocycles. The van der Waals surface area contributed by atoms with E-state index in [-0.39, 0.29) is 40.9 Å². The summed E-state index contributed by atoms with van der Waals surface area (Å²) in [5.41, 5.74) is -19.1. The minimum Gasteiger partial charge on any atom is -0.503 e. The van der Waals surface area contributed by atoms with E-state index in [1.165, 1.54) is 6.92 Å². The van der Waals surface area contributed by atoms with E-state index in [0.717, 1.165) is 0 Å². The summed E-state index contributed by atoms with van der Waals surface area (Å²) >= 11 is 24.8. The van der Waals surface area contributed by atoms with Crippen LogP contribution in [-0.2, 0) is 78.3 Å². The number of carbonyl (C=O) groups excluding carboxylic acids is 10. The third-order valence-corrected chi connectivity index (χ3v) is 22.8. The number of fused-ring (bicyclic) bond motifs is 6. The average Bonchev–Trinajstić information content (AvgIpc) is 1.59. The van der Waals surface area contributed by atoms with Crippen LogP contribution >= 0.6 is 58.0 Å². The number of nitrogens with zero attached hydrogens (tertiary/aromatic N) is 6. The molecule has 4 N–H and O–H groups in total. The van der Waals surface area contributed by atoms with Crippen molar-refractivity contribution in [1.29, 1.82) is 0 Å². The molecule has 0 spiro atoms. The first-order valence-electron chi connectivity index (χ1n) is 37.7. The van der Waals surface area contributed by atoms with Crippen LogP contribution in [0.2, 0.25) is 0 Å². The first-order chi connectivity index (χ1) is 65.4. The molecule has 0 radical (unpaired) electrons. The zero-order valence-electron chi connectivity index (χ0n) is 70.4. The Morgan fingerprint density at radius 1 is 0.301 bits per heavy atom. The largest absolute Gasteiger partial charge is 0.503 e. The third kappa shape index (κ3) is 25.1. The van der Waals surface area contributed by atoms with Gasteiger partial charge in [-0.15, -0.1) is 4.73 Å². The van der Waals surface area contributed by atoms with Gasteiger partial charge in [-0.2, -0.15) is 51.6 Å². The topological polar surface area (TPSA) is 653 Å². The fourth-order valence-corrected chi connectivity index (χ4v) is 15.1. The zero-order chi connectivity index (χ0) is 108. The van der Waals surface area contributed by atoms with E-state index in [9.17, 15) is 199 Å². The van der Waals surface area contributed by atoms with E-state index in [2.05, 4.69) is 32.0 Å². The number of ether oxygens (including phenoxy) is 2. The van der Waals surface area contributed by atoms with Crippen molar-refractivity contribution in [3.05, 3.63) is 230 Å². The van der Waals surface area contributed by atoms with Gasteiger partial charge in [0.1, 0.15) is 5.78 Å². The van der Waals surface area contributed by atoms with Crippen LogP contribution in [-0.4, -0.2) is 141 Å². The Labute approximate surface area is 804 Å². The molecule has 0 atom stereocenters. The molecule has 6 aromatic carbocycles. The molecule has 12 aromatic rings. The first-order valence-corrected chi connectivity index (χ1v) is 43.8. The molecule has 12 rings (SSSR count). The van der Waals surface area contributed by atoms with Crippen molar-refractivity contribution in [2.24, 2.45) is 0 Å². The molecule has 0 fully saturated rings. The molecule has 0 aliphatic carbocycles. The van der Waals surface area contributed by atoms with Gasteiger partial charge >= 0.3 is 54.2 Å². The molecule has 6 heterocycles. The lowest BCUT2D eigenvalue weighted by Gasteiger charge is -2.23. The van der Waals surface area contributed by atoms with Crippen LogP contribution < -0.4 is 98.7 Å². The van der Waals surface area contributed by atoms with E-state index in [1.807, 2.05) is 0 Å². The highest BCUT2D eigenvalue weighted by Gasteiger charge is 2.42. The molecule has 0 saturated carbocycles. The van der Waals surface area contributed by atoms with Gasteiger partial charge in [-0.3, -0.25) is 104 Å². The number of carbonyl (C=O) groups is 10. The van der Waals surface area contributed by atoms with E-state index >= 15 is 0 Å². The van der Waals surface area contributed by atoms with Gasteiger partial charge in [-0.25, -0.2) is 35.9 Å². The maximum absolute atomic E-state index is 14.7. The highest BCUT2D eigenvalue weighted by molar-refractivity contribution is 7.87. The molecule has 0 bridgehead atoms. The van der Waals surface area contributed by atoms with Gasteiger partial charge in [0.15, 0.2) is 55.3 Å². The first kappa shape index (κ1) is 115. The molecular weight excluding hydrogens is 2150 g/mol. The van der Waals surface area contributed by atoms with E-state index < -0.39 is 390 Å². The second kappa shape index (κ2) is 44.3. The predicted octanol–water partition coefficient (Wildman–Crippen LogP) is 2.77. The third-order valence-electron chi connectivity index (χ3n) is 18.2. The number of aliphatic hydroxyl groups is 2. The molecule has 65 heteroatoms. The Bertz CT molecular complexity index is 7860. The van der Waals surface area contributed by atoms with E-state index in [1.54, 1.807) is 27.7 Å². The smallest absolute Gasteiger partial charge is 0.363 e. The monoisotopic (exact) mass is 2200 g/mol. The normalized spacial score (nSPS) is 11.6. The predicted molar refractivity (Wildman–Crippen MR) is 458 cm³/mol. The second-order valence-electron chi connectivity index (χ2n) is 29.6. The Morgan fingerprint density at radius 2 is 0.483 bits per heavy atom. The number of aromatic hydroxyl groups is 1. The van der Waals surface area contributed by atoms with E-state index in [4.69, 9.17) is 63.1 Å². The number of benzene rings is 6. The fourth-order valence-electron chi connectivity index (χ4n) is 11.5. The van der Waals surface area contributed by atoms with Crippen LogP contribution in [0, 0.1) is 69.8 Å². The van der Waals surface area contributed by atoms with Crippen LogP contribution in [0.1, 0.15) is 119 Å². The van der Waals surface area contributed by atoms with Crippen molar-refractivity contribution < 1.29 is 178 Å². The number of aromatic nitrogens is 6. The number of halogens is 17. The van der Waals surface area contributed by atoms with Gasteiger partial charge in [0.05, 0.1) is 102 Å². The number of Topliss-reactive ketones (excluding diaryl/α,β-unsaturated/α-hetero) is 1. The standard InChI is InChI=1S/C25H13ClF4N2O13S.C24H10Cl2F4N2O13S.C16H4F4N2O9S.C8H18O2.C4H4Cl2O2.CH4/c1-8(33)2-4-15(36)44-31-22(37)9-6-11-12(7-10(9)23(31)38)25(40)32(24(11)39)45-46(41,42)21-18(29)16(27)20(17(28)19(21)30)43-14(35)5-3-13(26)34;25-11(33)1-3-13(35)43-19-15(27)17(29)20(18(30)16(19)28)46(41,42)45-32-23(39)9-5-7-8(6-10(9)24(32)40)22(38)31(21(7)37)44-14(36)4-2-12(26)34;17-7-9(19)12(10(20)8(18)11(7)23)32(29,30)31-22-15(26)5-1-3-4(2-6(5)16(22)27)14(25)21(28)13(3)24;1-7(2,9)5-6-8(3,4)10;5-3(7)1-2-4(6)8;/h6-7H,2-5H2,1H3;5-6H,1-4H2;1-2,23,28H;9-10H,5-6H2,1-4H3;1-2H2;1H4. The maximum Gasteiger partial charge on any atom is 0.363 e. The molecule has 0 unspecified atom stereocenters. The molecule has 0 aliphatic rings. The second-order valence-corrected chi connectivity index (χ2v) is 36.1. The SMILES string of the molecule is C.CC(=O)CCC(=O)On1c(=O)c2cc3c(=O)n(OS(=O)(=O)c4c(F)c(F)c(OC(=O)CCC(=O)Cl)c(F)c4F)c(=O)c3cc2c1=O.CC(C)(O)CCC(C)(C)O.O=C(Cl)CCC(=O)Cl.O=C(Cl)CCC(=O)Oc1c(F)c(F)c(S(=O)(=O)On2c(=O)c3cc4c(=O)n(OC(=O)CCC(=O)Cl)c(=O)c4cc3c2=O)c(F)c1F.O=c1c2cc3c(=O)n(OS(=O)(=O)c4c(F)c(F)c(O)c(F)c4F)c(=O)c3cc2c(=O)n1O.